The van der Waals surface area contributed by atoms with Gasteiger partial charge in [0.05, 0.1) is 12.3 Å². The van der Waals surface area contributed by atoms with Crippen LogP contribution in [0.15, 0.2) is 22.8 Å². The minimum absolute atomic E-state index is 0.0789. The Kier molecular flexibility index (Phi) is 3.25. The third kappa shape index (κ3) is 2.10. The zero-order valence-corrected chi connectivity index (χ0v) is 9.92. The van der Waals surface area contributed by atoms with Crippen LogP contribution in [0.1, 0.15) is 25.1 Å². The Hall–Kier alpha value is -0.940. The van der Waals surface area contributed by atoms with Crippen molar-refractivity contribution in [1.29, 1.82) is 0 Å². The van der Waals surface area contributed by atoms with Gasteiger partial charge in [0.2, 0.25) is 0 Å². The number of aliphatic carboxylic acids is 1. The van der Waals surface area contributed by atoms with Crippen molar-refractivity contribution in [3.63, 3.8) is 0 Å². The highest BCUT2D eigenvalue weighted by atomic mass is 32.2. The third-order valence-corrected chi connectivity index (χ3v) is 4.08. The first-order valence-corrected chi connectivity index (χ1v) is 6.42. The average Bonchev–Trinajstić information content (AvgIpc) is 2.88. The van der Waals surface area contributed by atoms with Gasteiger partial charge in [0.15, 0.2) is 0 Å². The average molecular weight is 241 g/mol. The number of furan rings is 1. The van der Waals surface area contributed by atoms with Crippen LogP contribution in [-0.2, 0) is 4.79 Å². The van der Waals surface area contributed by atoms with E-state index in [-0.39, 0.29) is 6.04 Å². The summed E-state index contributed by atoms with van der Waals surface area (Å²) in [4.78, 5) is 11.3. The van der Waals surface area contributed by atoms with Crippen LogP contribution >= 0.6 is 11.8 Å². The van der Waals surface area contributed by atoms with Crippen molar-refractivity contribution in [1.82, 2.24) is 5.32 Å². The van der Waals surface area contributed by atoms with Crippen LogP contribution in [0.5, 0.6) is 0 Å². The van der Waals surface area contributed by atoms with Gasteiger partial charge < -0.3 is 9.52 Å². The fourth-order valence-electron chi connectivity index (χ4n) is 1.93. The molecule has 0 spiro atoms. The molecule has 1 fully saturated rings. The molecule has 0 radical (unpaired) electrons. The molecule has 2 N–H and O–H groups in total. The highest BCUT2D eigenvalue weighted by Crippen LogP contribution is 2.31. The number of hydrogen-bond donors (Lipinski definition) is 2. The van der Waals surface area contributed by atoms with Gasteiger partial charge in [0.1, 0.15) is 11.3 Å². The van der Waals surface area contributed by atoms with Crippen LogP contribution < -0.4 is 5.32 Å². The lowest BCUT2D eigenvalue weighted by atomic mass is 9.97. The zero-order chi connectivity index (χ0) is 11.6. The lowest BCUT2D eigenvalue weighted by molar-refractivity contribution is -0.144. The number of carbonyl (C=O) groups is 1. The molecule has 0 amide bonds. The summed E-state index contributed by atoms with van der Waals surface area (Å²) in [7, 11) is 0. The first-order chi connectivity index (χ1) is 7.64. The van der Waals surface area contributed by atoms with Gasteiger partial charge in [0, 0.05) is 5.75 Å². The van der Waals surface area contributed by atoms with E-state index in [1.54, 1.807) is 18.0 Å². The lowest BCUT2D eigenvalue weighted by Crippen LogP contribution is -2.53. The van der Waals surface area contributed by atoms with Crippen LogP contribution in [0.3, 0.4) is 0 Å². The van der Waals surface area contributed by atoms with E-state index < -0.39 is 11.5 Å². The van der Waals surface area contributed by atoms with Gasteiger partial charge in [-0.1, -0.05) is 0 Å². The quantitative estimate of drug-likeness (QED) is 0.843. The summed E-state index contributed by atoms with van der Waals surface area (Å²) in [5, 5.41) is 12.5. The Balaban J connectivity index is 2.09. The summed E-state index contributed by atoms with van der Waals surface area (Å²) in [6.45, 7) is 1.92. The SMILES string of the molecule is CC(NC1(C(=O)O)CCSC1)c1ccco1. The maximum Gasteiger partial charge on any atom is 0.324 e. The first-order valence-electron chi connectivity index (χ1n) is 5.26. The second-order valence-corrected chi connectivity index (χ2v) is 5.18. The van der Waals surface area contributed by atoms with Crippen LogP contribution in [-0.4, -0.2) is 28.1 Å². The Bertz CT molecular complexity index is 357. The maximum atomic E-state index is 11.3. The second-order valence-electron chi connectivity index (χ2n) is 4.07. The molecule has 4 nitrogen and oxygen atoms in total. The van der Waals surface area contributed by atoms with Gasteiger partial charge in [-0.2, -0.15) is 11.8 Å². The minimum Gasteiger partial charge on any atom is -0.480 e. The van der Waals surface area contributed by atoms with Crippen molar-refractivity contribution in [3.05, 3.63) is 24.2 Å². The number of hydrogen-bond acceptors (Lipinski definition) is 4. The number of nitrogens with one attached hydrogen (secondary N) is 1. The molecule has 1 aliphatic heterocycles. The standard InChI is InChI=1S/C11H15NO3S/c1-8(9-3-2-5-15-9)12-11(10(13)14)4-6-16-7-11/h2-3,5,8,12H,4,6-7H2,1H3,(H,13,14). The van der Waals surface area contributed by atoms with Gasteiger partial charge in [-0.3, -0.25) is 10.1 Å². The number of carboxylic acid groups (broad SMARTS) is 1. The van der Waals surface area contributed by atoms with E-state index in [9.17, 15) is 9.90 Å². The monoisotopic (exact) mass is 241 g/mol. The molecule has 1 saturated heterocycles. The molecule has 1 aromatic heterocycles. The molecule has 0 aliphatic carbocycles. The Morgan fingerprint density at radius 3 is 3.06 bits per heavy atom. The highest BCUT2D eigenvalue weighted by molar-refractivity contribution is 7.99. The molecule has 0 aromatic carbocycles. The summed E-state index contributed by atoms with van der Waals surface area (Å²) in [6.07, 6.45) is 2.27. The van der Waals surface area contributed by atoms with Crippen molar-refractivity contribution >= 4 is 17.7 Å². The van der Waals surface area contributed by atoms with Crippen molar-refractivity contribution in [2.24, 2.45) is 0 Å². The van der Waals surface area contributed by atoms with E-state index >= 15 is 0 Å². The van der Waals surface area contributed by atoms with Gasteiger partial charge >= 0.3 is 5.97 Å². The predicted octanol–water partition coefficient (Wildman–Crippen LogP) is 1.89. The third-order valence-electron chi connectivity index (χ3n) is 2.89. The Labute approximate surface area is 98.4 Å². The predicted molar refractivity (Wildman–Crippen MR) is 62.6 cm³/mol. The summed E-state index contributed by atoms with van der Waals surface area (Å²) in [5.41, 5.74) is -0.795. The molecule has 0 saturated carbocycles. The normalized spacial score (nSPS) is 26.8. The van der Waals surface area contributed by atoms with E-state index in [4.69, 9.17) is 4.42 Å². The Morgan fingerprint density at radius 1 is 1.75 bits per heavy atom. The van der Waals surface area contributed by atoms with Crippen molar-refractivity contribution in [2.75, 3.05) is 11.5 Å². The largest absolute Gasteiger partial charge is 0.480 e. The van der Waals surface area contributed by atoms with E-state index in [0.29, 0.717) is 12.2 Å². The van der Waals surface area contributed by atoms with Crippen LogP contribution in [0.2, 0.25) is 0 Å². The molecule has 5 heteroatoms. The number of carboxylic acids is 1. The molecule has 2 rings (SSSR count). The van der Waals surface area contributed by atoms with Crippen LogP contribution in [0.25, 0.3) is 0 Å². The smallest absolute Gasteiger partial charge is 0.324 e. The van der Waals surface area contributed by atoms with Crippen molar-refractivity contribution in [3.8, 4) is 0 Å². The van der Waals surface area contributed by atoms with Gasteiger partial charge in [-0.15, -0.1) is 0 Å². The Morgan fingerprint density at radius 2 is 2.56 bits per heavy atom. The molecule has 1 aromatic rings. The molecule has 1 aliphatic rings. The molecular formula is C11H15NO3S. The van der Waals surface area contributed by atoms with E-state index in [0.717, 1.165) is 11.5 Å². The summed E-state index contributed by atoms with van der Waals surface area (Å²) < 4.78 is 5.27. The van der Waals surface area contributed by atoms with Crippen LogP contribution in [0, 0.1) is 0 Å². The summed E-state index contributed by atoms with van der Waals surface area (Å²) in [5.74, 6) is 1.52. The van der Waals surface area contributed by atoms with Gasteiger partial charge in [0.25, 0.3) is 0 Å². The number of rotatable bonds is 4. The lowest BCUT2D eigenvalue weighted by Gasteiger charge is -2.27. The summed E-state index contributed by atoms with van der Waals surface area (Å²) in [6, 6.07) is 3.59. The van der Waals surface area contributed by atoms with Gasteiger partial charge in [-0.05, 0) is 31.2 Å². The van der Waals surface area contributed by atoms with E-state index in [1.165, 1.54) is 0 Å². The minimum atomic E-state index is -0.795. The molecule has 2 heterocycles. The van der Waals surface area contributed by atoms with E-state index in [1.807, 2.05) is 19.1 Å². The molecule has 2 unspecified atom stereocenters. The zero-order valence-electron chi connectivity index (χ0n) is 9.10. The van der Waals surface area contributed by atoms with Crippen LogP contribution in [0.4, 0.5) is 0 Å². The topological polar surface area (TPSA) is 62.5 Å². The molecular weight excluding hydrogens is 226 g/mol. The second kappa shape index (κ2) is 4.51. The van der Waals surface area contributed by atoms with Gasteiger partial charge in [-0.25, -0.2) is 0 Å². The summed E-state index contributed by atoms with van der Waals surface area (Å²) >= 11 is 1.67. The maximum absolute atomic E-state index is 11.3. The molecule has 0 bridgehead atoms. The molecule has 2 atom stereocenters. The van der Waals surface area contributed by atoms with E-state index in [2.05, 4.69) is 5.32 Å². The number of thioether (sulfide) groups is 1. The molecule has 88 valence electrons. The molecule has 16 heavy (non-hydrogen) atoms. The fourth-order valence-corrected chi connectivity index (χ4v) is 3.27. The highest BCUT2D eigenvalue weighted by Gasteiger charge is 2.43. The first kappa shape index (κ1) is 11.5. The van der Waals surface area contributed by atoms with Crippen molar-refractivity contribution in [2.45, 2.75) is 24.9 Å². The fraction of sp³-hybridized carbons (Fsp3) is 0.545. The van der Waals surface area contributed by atoms with Crippen molar-refractivity contribution < 1.29 is 14.3 Å².